The molecule has 0 bridgehead atoms. The average molecular weight is 1710 g/mol. The van der Waals surface area contributed by atoms with Gasteiger partial charge in [-0.1, -0.05) is 261 Å². The van der Waals surface area contributed by atoms with Gasteiger partial charge in [0.15, 0.2) is 0 Å². The third-order valence-electron chi connectivity index (χ3n) is 23.9. The topological polar surface area (TPSA) is 74.8 Å². The molecule has 626 valence electrons. The van der Waals surface area contributed by atoms with Crippen LogP contribution in [0.4, 0.5) is 9.59 Å². The van der Waals surface area contributed by atoms with Crippen LogP contribution in [-0.2, 0) is 48.1 Å². The predicted octanol–water partition coefficient (Wildman–Crippen LogP) is 35.5. The van der Waals surface area contributed by atoms with Crippen LogP contribution in [0.25, 0.3) is 93.6 Å². The molecule has 3 aromatic carbocycles. The Hall–Kier alpha value is -5.16. The van der Waals surface area contributed by atoms with Gasteiger partial charge in [-0.15, -0.1) is 68.0 Å². The fourth-order valence-corrected chi connectivity index (χ4v) is 25.7. The molecule has 4 amide bonds. The highest BCUT2D eigenvalue weighted by Gasteiger charge is 2.36. The van der Waals surface area contributed by atoms with Gasteiger partial charge < -0.3 is 0 Å². The summed E-state index contributed by atoms with van der Waals surface area (Å²) in [6, 6.07) is 34.3. The minimum atomic E-state index is -0.138. The zero-order valence-electron chi connectivity index (χ0n) is 72.0. The van der Waals surface area contributed by atoms with Crippen molar-refractivity contribution in [1.29, 1.82) is 0 Å². The van der Waals surface area contributed by atoms with E-state index in [2.05, 4.69) is 163 Å². The first-order chi connectivity index (χ1) is 56.9. The maximum atomic E-state index is 13.8. The number of amides is 4. The van der Waals surface area contributed by atoms with Crippen molar-refractivity contribution in [2.24, 2.45) is 0 Å². The van der Waals surface area contributed by atoms with E-state index in [-0.39, 0.29) is 22.3 Å². The molecule has 0 atom stereocenters. The highest BCUT2D eigenvalue weighted by molar-refractivity contribution is 8.18. The van der Waals surface area contributed by atoms with E-state index in [0.717, 1.165) is 136 Å². The monoisotopic (exact) mass is 1710 g/mol. The minimum Gasteiger partial charge on any atom is -0.268 e. The molecular formula is C102H136N2O4S8. The number of hydrogen-bond acceptors (Lipinski definition) is 12. The lowest BCUT2D eigenvalue weighted by Crippen LogP contribution is -2.29. The van der Waals surface area contributed by atoms with Crippen LogP contribution >= 0.6 is 91.5 Å². The number of aryl methyl sites for hydroxylation is 6. The Bertz CT molecular complexity index is 4310. The lowest BCUT2D eigenvalue weighted by atomic mass is 9.91. The number of thiophene rings is 6. The summed E-state index contributed by atoms with van der Waals surface area (Å²) in [5.41, 5.74) is 14.3. The van der Waals surface area contributed by atoms with E-state index in [1.807, 2.05) is 34.8 Å². The summed E-state index contributed by atoms with van der Waals surface area (Å²) in [6.45, 7) is 19.4. The second kappa shape index (κ2) is 49.1. The molecule has 0 aliphatic carbocycles. The molecule has 6 aromatic heterocycles. The standard InChI is InChI=1S/C102H136N2O4S8/c1-9-17-25-33-37-45-53-79-85-71-93(91-61-59-89(111-91)83-67-73(49-41-29-21-13-5)81(65-75(83)51-43-31-23-15-7)87-57-55-77(109-87)69-95-99(105)103(101(107)115-95)63-47-39-35-27-19-11-3)114-98(85)80(54-46-38-34-26-18-10-2)86-72-94(113-97(79)86)92-62-60-90(112-92)84-68-74(50-42-30-22-14-6)82(66-76(84)52-44-32-24-16-8)88-58-56-78(110-88)70-96-100(106)104(102(108)116-96)64-48-40-36-28-20-12-4/h55-62,65-72H,9-54,63-64H2,1-8H3/b95-69-,96-70-. The van der Waals surface area contributed by atoms with E-state index in [1.54, 1.807) is 33.8 Å². The maximum Gasteiger partial charge on any atom is 0.293 e. The summed E-state index contributed by atoms with van der Waals surface area (Å²) in [5, 5.41) is 2.72. The van der Waals surface area contributed by atoms with Gasteiger partial charge in [0.05, 0.1) is 9.81 Å². The van der Waals surface area contributed by atoms with Crippen molar-refractivity contribution in [2.45, 2.75) is 351 Å². The van der Waals surface area contributed by atoms with Gasteiger partial charge in [0, 0.05) is 71.3 Å². The van der Waals surface area contributed by atoms with Crippen LogP contribution in [0.3, 0.4) is 0 Å². The van der Waals surface area contributed by atoms with E-state index in [1.165, 1.54) is 306 Å². The van der Waals surface area contributed by atoms with Gasteiger partial charge in [0.25, 0.3) is 22.3 Å². The summed E-state index contributed by atoms with van der Waals surface area (Å²) in [6.07, 6.45) is 58.3. The molecule has 2 fully saturated rings. The van der Waals surface area contributed by atoms with Crippen LogP contribution in [0, 0.1) is 0 Å². The summed E-state index contributed by atoms with van der Waals surface area (Å²) in [7, 11) is 0. The Morgan fingerprint density at radius 3 is 0.836 bits per heavy atom. The smallest absolute Gasteiger partial charge is 0.268 e. The number of imide groups is 2. The average Bonchev–Trinajstić information content (AvgIpc) is 1.58. The highest BCUT2D eigenvalue weighted by Crippen LogP contribution is 2.52. The Kier molecular flexibility index (Phi) is 38.7. The van der Waals surface area contributed by atoms with Crippen molar-refractivity contribution in [2.75, 3.05) is 13.1 Å². The van der Waals surface area contributed by atoms with Crippen molar-refractivity contribution in [3.63, 3.8) is 0 Å². The molecule has 116 heavy (non-hydrogen) atoms. The summed E-state index contributed by atoms with van der Waals surface area (Å²) in [4.78, 5) is 71.0. The number of nitrogens with zero attached hydrogens (tertiary/aromatic N) is 2. The molecular weight excluding hydrogens is 1570 g/mol. The van der Waals surface area contributed by atoms with E-state index >= 15 is 0 Å². The van der Waals surface area contributed by atoms with Crippen LogP contribution < -0.4 is 0 Å². The molecule has 0 spiro atoms. The van der Waals surface area contributed by atoms with Crippen molar-refractivity contribution in [3.05, 3.63) is 138 Å². The lowest BCUT2D eigenvalue weighted by Gasteiger charge is -2.16. The van der Waals surface area contributed by atoms with Gasteiger partial charge in [-0.2, -0.15) is 0 Å². The van der Waals surface area contributed by atoms with Gasteiger partial charge in [-0.05, 0) is 277 Å². The first-order valence-corrected chi connectivity index (χ1v) is 52.7. The number of rotatable bonds is 56. The molecule has 14 heteroatoms. The third kappa shape index (κ3) is 25.5. The number of fused-ring (bicyclic) bond motifs is 2. The van der Waals surface area contributed by atoms with Gasteiger partial charge >= 0.3 is 0 Å². The van der Waals surface area contributed by atoms with Gasteiger partial charge in [0.2, 0.25) is 0 Å². The van der Waals surface area contributed by atoms with E-state index < -0.39 is 0 Å². The van der Waals surface area contributed by atoms with Crippen LogP contribution in [0.5, 0.6) is 0 Å². The number of benzene rings is 3. The molecule has 6 nitrogen and oxygen atoms in total. The second-order valence-corrected chi connectivity index (χ2v) is 41.7. The van der Waals surface area contributed by atoms with Crippen LogP contribution in [0.2, 0.25) is 0 Å². The minimum absolute atomic E-state index is 0.135. The summed E-state index contributed by atoms with van der Waals surface area (Å²) < 4.78 is 3.03. The van der Waals surface area contributed by atoms with Crippen molar-refractivity contribution >= 4 is 146 Å². The van der Waals surface area contributed by atoms with Gasteiger partial charge in [-0.25, -0.2) is 0 Å². The molecule has 2 saturated heterocycles. The van der Waals surface area contributed by atoms with Crippen LogP contribution in [0.1, 0.15) is 355 Å². The quantitative estimate of drug-likeness (QED) is 0.0279. The fourth-order valence-electron chi connectivity index (χ4n) is 17.0. The SMILES string of the molecule is CCCCCCCCc1c2cc(-c3ccc(-c4cc(CCCCCC)c(-c5ccc(/C=C6\SC(=O)N(CCCCCCCC)C6=O)s5)cc4CCCCCC)s3)sc2c(CCCCCCCC)c2cc(-c3ccc(-c4cc(CCCCCC)c(-c5ccc(/C=C6\SC(=O)N(CCCCCCCC)C6=O)s5)cc4CCCCCC)s3)sc12. The Morgan fingerprint density at radius 1 is 0.259 bits per heavy atom. The molecule has 0 N–H and O–H groups in total. The normalized spacial score (nSPS) is 14.1. The Labute approximate surface area is 731 Å². The number of unbranched alkanes of at least 4 members (excludes halogenated alkanes) is 32. The number of thioether (sulfide) groups is 2. The van der Waals surface area contributed by atoms with Gasteiger partial charge in [-0.3, -0.25) is 29.0 Å². The number of carbonyl (C=O) groups is 4. The summed E-state index contributed by atoms with van der Waals surface area (Å²) >= 11 is 13.9. The lowest BCUT2D eigenvalue weighted by molar-refractivity contribution is -0.123. The van der Waals surface area contributed by atoms with E-state index in [9.17, 15) is 19.2 Å². The molecule has 0 saturated carbocycles. The highest BCUT2D eigenvalue weighted by atomic mass is 32.2. The first kappa shape index (κ1) is 91.6. The van der Waals surface area contributed by atoms with Crippen LogP contribution in [-0.4, -0.2) is 45.2 Å². The van der Waals surface area contributed by atoms with Crippen molar-refractivity contribution in [1.82, 2.24) is 9.80 Å². The van der Waals surface area contributed by atoms with Crippen molar-refractivity contribution in [3.8, 4) is 61.3 Å². The second-order valence-electron chi connectivity index (χ2n) is 33.2. The summed E-state index contributed by atoms with van der Waals surface area (Å²) in [5.74, 6) is -0.277. The van der Waals surface area contributed by atoms with E-state index in [0.29, 0.717) is 22.9 Å². The molecule has 8 heterocycles. The zero-order valence-corrected chi connectivity index (χ0v) is 78.5. The zero-order chi connectivity index (χ0) is 81.4. The first-order valence-electron chi connectivity index (χ1n) is 46.1. The maximum absolute atomic E-state index is 13.8. The molecule has 11 rings (SSSR count). The largest absolute Gasteiger partial charge is 0.293 e. The van der Waals surface area contributed by atoms with Gasteiger partial charge in [0.1, 0.15) is 0 Å². The molecule has 0 unspecified atom stereocenters. The van der Waals surface area contributed by atoms with Crippen LogP contribution in [0.15, 0.2) is 94.7 Å². The van der Waals surface area contributed by atoms with Crippen molar-refractivity contribution < 1.29 is 19.2 Å². The molecule has 2 aliphatic rings. The van der Waals surface area contributed by atoms with E-state index in [4.69, 9.17) is 0 Å². The number of carbonyl (C=O) groups excluding carboxylic acids is 4. The fraction of sp³-hybridized carbons (Fsp3) is 0.549. The Morgan fingerprint density at radius 2 is 0.517 bits per heavy atom. The molecule has 2 aliphatic heterocycles. The molecule has 0 radical (unpaired) electrons. The number of hydrogen-bond donors (Lipinski definition) is 0. The Balaban J connectivity index is 0.947. The predicted molar refractivity (Wildman–Crippen MR) is 519 cm³/mol. The molecule has 9 aromatic rings. The third-order valence-corrected chi connectivity index (χ3v) is 32.8.